The van der Waals surface area contributed by atoms with Gasteiger partial charge in [0.15, 0.2) is 5.96 Å². The molecule has 0 saturated heterocycles. The van der Waals surface area contributed by atoms with Crippen LogP contribution in [0.1, 0.15) is 25.2 Å². The second-order valence-electron chi connectivity index (χ2n) is 6.09. The van der Waals surface area contributed by atoms with Gasteiger partial charge in [0, 0.05) is 25.7 Å². The quantitative estimate of drug-likeness (QED) is 0.596. The van der Waals surface area contributed by atoms with E-state index in [9.17, 15) is 5.11 Å². The highest BCUT2D eigenvalue weighted by Gasteiger charge is 2.26. The van der Waals surface area contributed by atoms with Gasteiger partial charge in [-0.2, -0.15) is 0 Å². The first-order valence-corrected chi connectivity index (χ1v) is 8.35. The number of nitrogens with one attached hydrogen (secondary N) is 1. The number of ether oxygens (including phenoxy) is 1. The number of methoxy groups -OCH3 is 1. The fourth-order valence-electron chi connectivity index (χ4n) is 2.53. The first-order valence-electron chi connectivity index (χ1n) is 8.35. The van der Waals surface area contributed by atoms with Crippen molar-refractivity contribution in [3.05, 3.63) is 54.0 Å². The molecule has 6 heteroatoms. The number of benzene rings is 1. The molecule has 0 saturated carbocycles. The van der Waals surface area contributed by atoms with Gasteiger partial charge in [0.05, 0.1) is 19.9 Å². The fraction of sp³-hybridized carbons (Fsp3) is 0.421. The smallest absolute Gasteiger partial charge is 0.194 e. The van der Waals surface area contributed by atoms with Gasteiger partial charge in [0.1, 0.15) is 17.1 Å². The maximum Gasteiger partial charge on any atom is 0.194 e. The molecule has 0 aliphatic rings. The average Bonchev–Trinajstić information content (AvgIpc) is 3.14. The number of hydrogen-bond acceptors (Lipinski definition) is 4. The van der Waals surface area contributed by atoms with Gasteiger partial charge in [-0.1, -0.05) is 18.2 Å². The third kappa shape index (κ3) is 5.00. The lowest BCUT2D eigenvalue weighted by molar-refractivity contribution is 0.0435. The molecule has 2 N–H and O–H groups in total. The van der Waals surface area contributed by atoms with Gasteiger partial charge in [-0.05, 0) is 32.0 Å². The lowest BCUT2D eigenvalue weighted by Crippen LogP contribution is -2.39. The van der Waals surface area contributed by atoms with E-state index < -0.39 is 5.60 Å². The SMILES string of the molecule is CCNC(=NCC(C)(O)c1ccco1)N(C)Cc1ccccc1OC. The summed E-state index contributed by atoms with van der Waals surface area (Å²) in [7, 11) is 3.62. The third-order valence-electron chi connectivity index (χ3n) is 3.89. The number of nitrogens with zero attached hydrogens (tertiary/aromatic N) is 2. The van der Waals surface area contributed by atoms with Gasteiger partial charge in [0.2, 0.25) is 0 Å². The van der Waals surface area contributed by atoms with Crippen LogP contribution < -0.4 is 10.1 Å². The van der Waals surface area contributed by atoms with Crippen LogP contribution in [0.2, 0.25) is 0 Å². The minimum atomic E-state index is -1.16. The monoisotopic (exact) mass is 345 g/mol. The van der Waals surface area contributed by atoms with Crippen LogP contribution in [0, 0.1) is 0 Å². The molecule has 1 atom stereocenters. The summed E-state index contributed by atoms with van der Waals surface area (Å²) in [6.45, 7) is 5.27. The zero-order chi connectivity index (χ0) is 18.3. The van der Waals surface area contributed by atoms with Gasteiger partial charge in [-0.3, -0.25) is 0 Å². The van der Waals surface area contributed by atoms with Crippen molar-refractivity contribution in [3.8, 4) is 5.75 Å². The lowest BCUT2D eigenvalue weighted by Gasteiger charge is -2.25. The van der Waals surface area contributed by atoms with Gasteiger partial charge < -0.3 is 24.5 Å². The number of guanidine groups is 1. The topological polar surface area (TPSA) is 70.2 Å². The Morgan fingerprint density at radius 2 is 2.08 bits per heavy atom. The van der Waals surface area contributed by atoms with E-state index in [-0.39, 0.29) is 6.54 Å². The molecular formula is C19H27N3O3. The van der Waals surface area contributed by atoms with E-state index in [1.165, 1.54) is 0 Å². The Morgan fingerprint density at radius 3 is 2.72 bits per heavy atom. The second kappa shape index (κ2) is 8.58. The van der Waals surface area contributed by atoms with Crippen LogP contribution in [0.15, 0.2) is 52.1 Å². The van der Waals surface area contributed by atoms with Crippen molar-refractivity contribution in [2.45, 2.75) is 26.0 Å². The molecule has 1 aromatic carbocycles. The predicted molar refractivity (Wildman–Crippen MR) is 98.7 cm³/mol. The van der Waals surface area contributed by atoms with Crippen molar-refractivity contribution in [3.63, 3.8) is 0 Å². The molecule has 0 bridgehead atoms. The van der Waals surface area contributed by atoms with Gasteiger partial charge in [0.25, 0.3) is 0 Å². The number of hydrogen-bond donors (Lipinski definition) is 2. The van der Waals surface area contributed by atoms with E-state index >= 15 is 0 Å². The Labute approximate surface area is 149 Å². The molecule has 1 aromatic heterocycles. The first kappa shape index (κ1) is 18.9. The van der Waals surface area contributed by atoms with Crippen LogP contribution in [0.25, 0.3) is 0 Å². The molecule has 0 amide bonds. The fourth-order valence-corrected chi connectivity index (χ4v) is 2.53. The summed E-state index contributed by atoms with van der Waals surface area (Å²) >= 11 is 0. The van der Waals surface area contributed by atoms with Crippen molar-refractivity contribution in [2.75, 3.05) is 27.2 Å². The Balaban J connectivity index is 2.13. The Kier molecular flexibility index (Phi) is 6.47. The minimum Gasteiger partial charge on any atom is -0.496 e. The highest BCUT2D eigenvalue weighted by molar-refractivity contribution is 5.79. The average molecular weight is 345 g/mol. The van der Waals surface area contributed by atoms with Gasteiger partial charge in [-0.15, -0.1) is 0 Å². The lowest BCUT2D eigenvalue weighted by atomic mass is 10.0. The summed E-state index contributed by atoms with van der Waals surface area (Å²) in [4.78, 5) is 6.57. The molecule has 136 valence electrons. The van der Waals surface area contributed by atoms with E-state index in [1.54, 1.807) is 32.4 Å². The Hall–Kier alpha value is -2.47. The second-order valence-corrected chi connectivity index (χ2v) is 6.09. The number of rotatable bonds is 7. The van der Waals surface area contributed by atoms with E-state index in [4.69, 9.17) is 9.15 Å². The van der Waals surface area contributed by atoms with Gasteiger partial charge in [-0.25, -0.2) is 4.99 Å². The van der Waals surface area contributed by atoms with E-state index in [1.807, 2.05) is 43.1 Å². The molecule has 0 spiro atoms. The molecule has 2 rings (SSSR count). The zero-order valence-electron chi connectivity index (χ0n) is 15.3. The minimum absolute atomic E-state index is 0.194. The summed E-state index contributed by atoms with van der Waals surface area (Å²) in [6, 6.07) is 11.4. The summed E-state index contributed by atoms with van der Waals surface area (Å²) in [6.07, 6.45) is 1.55. The molecule has 1 heterocycles. The third-order valence-corrected chi connectivity index (χ3v) is 3.89. The van der Waals surface area contributed by atoms with Crippen LogP contribution in [-0.4, -0.2) is 43.2 Å². The van der Waals surface area contributed by atoms with E-state index in [0.29, 0.717) is 18.3 Å². The summed E-state index contributed by atoms with van der Waals surface area (Å²) in [5, 5.41) is 13.8. The molecule has 0 aliphatic carbocycles. The molecule has 2 aromatic rings. The normalized spacial score (nSPS) is 14.0. The highest BCUT2D eigenvalue weighted by Crippen LogP contribution is 2.22. The number of furan rings is 1. The summed E-state index contributed by atoms with van der Waals surface area (Å²) < 4.78 is 10.7. The van der Waals surface area contributed by atoms with E-state index in [0.717, 1.165) is 17.9 Å². The summed E-state index contributed by atoms with van der Waals surface area (Å²) in [5.74, 6) is 2.05. The van der Waals surface area contributed by atoms with E-state index in [2.05, 4.69) is 10.3 Å². The van der Waals surface area contributed by atoms with Gasteiger partial charge >= 0.3 is 0 Å². The Morgan fingerprint density at radius 1 is 1.32 bits per heavy atom. The number of aliphatic hydroxyl groups is 1. The van der Waals surface area contributed by atoms with Crippen molar-refractivity contribution in [1.29, 1.82) is 0 Å². The standard InChI is InChI=1S/C19H27N3O3/c1-5-20-18(21-14-19(2,23)17-11-8-12-25-17)22(3)13-15-9-6-7-10-16(15)24-4/h6-12,23H,5,13-14H2,1-4H3,(H,20,21). The van der Waals surface area contributed by atoms with Crippen LogP contribution in [-0.2, 0) is 12.1 Å². The maximum atomic E-state index is 10.6. The predicted octanol–water partition coefficient (Wildman–Crippen LogP) is 2.59. The zero-order valence-corrected chi connectivity index (χ0v) is 15.3. The summed E-state index contributed by atoms with van der Waals surface area (Å²) in [5.41, 5.74) is -0.0916. The first-order chi connectivity index (χ1) is 12.0. The number of para-hydroxylation sites is 1. The van der Waals surface area contributed by atoms with Crippen molar-refractivity contribution < 1.29 is 14.3 Å². The molecule has 6 nitrogen and oxygen atoms in total. The van der Waals surface area contributed by atoms with Crippen molar-refractivity contribution in [1.82, 2.24) is 10.2 Å². The Bertz CT molecular complexity index is 681. The van der Waals surface area contributed by atoms with Crippen LogP contribution >= 0.6 is 0 Å². The molecule has 0 aliphatic heterocycles. The van der Waals surface area contributed by atoms with Crippen LogP contribution in [0.5, 0.6) is 5.75 Å². The van der Waals surface area contributed by atoms with Crippen molar-refractivity contribution >= 4 is 5.96 Å². The molecular weight excluding hydrogens is 318 g/mol. The molecule has 25 heavy (non-hydrogen) atoms. The highest BCUT2D eigenvalue weighted by atomic mass is 16.5. The molecule has 0 radical (unpaired) electrons. The van der Waals surface area contributed by atoms with Crippen LogP contribution in [0.3, 0.4) is 0 Å². The molecule has 1 unspecified atom stereocenters. The van der Waals surface area contributed by atoms with Crippen molar-refractivity contribution in [2.24, 2.45) is 4.99 Å². The van der Waals surface area contributed by atoms with Crippen LogP contribution in [0.4, 0.5) is 0 Å². The largest absolute Gasteiger partial charge is 0.496 e. The number of aliphatic imine (C=N–C) groups is 1. The molecule has 0 fully saturated rings. The maximum absolute atomic E-state index is 10.6.